The van der Waals surface area contributed by atoms with Crippen molar-refractivity contribution in [1.82, 2.24) is 0 Å². The maximum Gasteiger partial charge on any atom is 0.369 e. The Labute approximate surface area is 182 Å². The van der Waals surface area contributed by atoms with Gasteiger partial charge in [0.2, 0.25) is 0 Å². The van der Waals surface area contributed by atoms with Crippen LogP contribution in [0.5, 0.6) is 11.5 Å². The molecule has 2 rings (SSSR count). The lowest BCUT2D eigenvalue weighted by molar-refractivity contribution is -0.110. The van der Waals surface area contributed by atoms with Crippen LogP contribution in [0.3, 0.4) is 0 Å². The number of phenols is 1. The van der Waals surface area contributed by atoms with Crippen molar-refractivity contribution >= 4 is 30.8 Å². The molecule has 29 heavy (non-hydrogen) atoms. The highest BCUT2D eigenvalue weighted by molar-refractivity contribution is 7.53. The Morgan fingerprint density at radius 3 is 2.17 bits per heavy atom. The number of phenolic OH excluding ortho intramolecular Hbond substituents is 1. The minimum atomic E-state index is -3.92. The average molecular weight is 461 g/mol. The second-order valence-electron chi connectivity index (χ2n) is 7.28. The van der Waals surface area contributed by atoms with Gasteiger partial charge in [0.1, 0.15) is 5.75 Å². The maximum absolute atomic E-state index is 12.3. The van der Waals surface area contributed by atoms with E-state index in [4.69, 9.17) is 32.8 Å². The van der Waals surface area contributed by atoms with Crippen molar-refractivity contribution in [1.29, 1.82) is 0 Å². The van der Waals surface area contributed by atoms with Gasteiger partial charge in [0.05, 0.1) is 5.66 Å². The predicted octanol–water partition coefficient (Wildman–Crippen LogP) is 7.10. The van der Waals surface area contributed by atoms with Gasteiger partial charge in [-0.25, -0.2) is 0 Å². The molecule has 0 heterocycles. The first-order chi connectivity index (χ1) is 13.6. The first-order valence-corrected chi connectivity index (χ1v) is 12.0. The number of rotatable bonds is 9. The van der Waals surface area contributed by atoms with Gasteiger partial charge >= 0.3 is 7.60 Å². The van der Waals surface area contributed by atoms with Crippen molar-refractivity contribution in [3.8, 4) is 11.5 Å². The van der Waals surface area contributed by atoms with Crippen molar-refractivity contribution < 1.29 is 24.1 Å². The first-order valence-electron chi connectivity index (χ1n) is 9.57. The van der Waals surface area contributed by atoms with Crippen LogP contribution in [-0.2, 0) is 15.7 Å². The van der Waals surface area contributed by atoms with Crippen LogP contribution in [0.25, 0.3) is 0 Å². The molecular weight excluding hydrogens is 434 g/mol. The summed E-state index contributed by atoms with van der Waals surface area (Å²) in [5.41, 5.74) is 1.99. The van der Waals surface area contributed by atoms with E-state index in [1.807, 2.05) is 39.8 Å². The molecule has 2 aromatic carbocycles. The minimum Gasteiger partial charge on any atom is -0.508 e. The van der Waals surface area contributed by atoms with E-state index < -0.39 is 13.3 Å². The number of hydrogen-bond donors (Lipinski definition) is 2. The normalized spacial score (nSPS) is 13.7. The van der Waals surface area contributed by atoms with Crippen molar-refractivity contribution in [2.24, 2.45) is 0 Å². The van der Waals surface area contributed by atoms with Crippen molar-refractivity contribution in [3.63, 3.8) is 0 Å². The fourth-order valence-corrected chi connectivity index (χ4v) is 4.92. The summed E-state index contributed by atoms with van der Waals surface area (Å²) in [5, 5.41) is 10.7. The monoisotopic (exact) mass is 460 g/mol. The SMILES string of the molecule is CCC(CC)P(=O)(O)OOc1cc(Cl)c(Cc2ccc(O)c(C(C)C)c2)c(Cl)c1. The molecule has 5 nitrogen and oxygen atoms in total. The second-order valence-corrected chi connectivity index (χ2v) is 10.1. The molecule has 0 saturated carbocycles. The largest absolute Gasteiger partial charge is 0.508 e. The van der Waals surface area contributed by atoms with Crippen LogP contribution < -0.4 is 4.89 Å². The summed E-state index contributed by atoms with van der Waals surface area (Å²) < 4.78 is 17.1. The summed E-state index contributed by atoms with van der Waals surface area (Å²) in [6.45, 7) is 7.65. The van der Waals surface area contributed by atoms with E-state index in [0.717, 1.165) is 11.1 Å². The quantitative estimate of drug-likeness (QED) is 0.237. The third kappa shape index (κ3) is 6.13. The third-order valence-electron chi connectivity index (χ3n) is 4.85. The van der Waals surface area contributed by atoms with Crippen LogP contribution in [0.15, 0.2) is 30.3 Å². The summed E-state index contributed by atoms with van der Waals surface area (Å²) in [6.07, 6.45) is 1.46. The molecule has 0 spiro atoms. The fourth-order valence-electron chi connectivity index (χ4n) is 3.08. The summed E-state index contributed by atoms with van der Waals surface area (Å²) in [5.74, 6) is 0.586. The predicted molar refractivity (Wildman–Crippen MR) is 117 cm³/mol. The topological polar surface area (TPSA) is 76.0 Å². The van der Waals surface area contributed by atoms with Gasteiger partial charge in [0.25, 0.3) is 0 Å². The second kappa shape index (κ2) is 10.2. The number of benzene rings is 2. The number of hydrogen-bond acceptors (Lipinski definition) is 4. The van der Waals surface area contributed by atoms with E-state index in [1.54, 1.807) is 6.07 Å². The lowest BCUT2D eigenvalue weighted by Gasteiger charge is -2.19. The van der Waals surface area contributed by atoms with Crippen LogP contribution in [-0.4, -0.2) is 15.7 Å². The highest BCUT2D eigenvalue weighted by atomic mass is 35.5. The molecule has 0 fully saturated rings. The van der Waals surface area contributed by atoms with Gasteiger partial charge in [-0.3, -0.25) is 4.57 Å². The average Bonchev–Trinajstić information content (AvgIpc) is 2.65. The Morgan fingerprint density at radius 2 is 1.66 bits per heavy atom. The molecule has 0 aliphatic carbocycles. The Kier molecular flexibility index (Phi) is 8.45. The Morgan fingerprint density at radius 1 is 1.07 bits per heavy atom. The molecule has 0 aliphatic heterocycles. The van der Waals surface area contributed by atoms with Crippen LogP contribution >= 0.6 is 30.8 Å². The van der Waals surface area contributed by atoms with Crippen LogP contribution in [0.2, 0.25) is 10.0 Å². The number of halogens is 2. The fraction of sp³-hybridized carbons (Fsp3) is 0.429. The Balaban J connectivity index is 2.20. The standard InChI is InChI=1S/C21H27Cl2O5P/c1-5-16(6-2)29(25,26)28-27-15-11-19(22)18(20(23)12-15)10-14-7-8-21(24)17(9-14)13(3)4/h7-9,11-13,16,24H,5-6,10H2,1-4H3,(H,25,26). The van der Waals surface area contributed by atoms with Crippen molar-refractivity contribution in [3.05, 3.63) is 57.1 Å². The first kappa shape index (κ1) is 24.0. The smallest absolute Gasteiger partial charge is 0.369 e. The molecule has 0 aliphatic rings. The molecule has 1 unspecified atom stereocenters. The van der Waals surface area contributed by atoms with Crippen LogP contribution in [0, 0.1) is 0 Å². The summed E-state index contributed by atoms with van der Waals surface area (Å²) in [7, 11) is -3.92. The molecule has 0 amide bonds. The highest BCUT2D eigenvalue weighted by Gasteiger charge is 2.31. The van der Waals surface area contributed by atoms with Crippen molar-refractivity contribution in [2.75, 3.05) is 0 Å². The maximum atomic E-state index is 12.3. The van der Waals surface area contributed by atoms with E-state index in [-0.39, 0.29) is 17.4 Å². The van der Waals surface area contributed by atoms with Crippen molar-refractivity contribution in [2.45, 2.75) is 58.5 Å². The lowest BCUT2D eigenvalue weighted by Crippen LogP contribution is -2.10. The van der Waals surface area contributed by atoms with E-state index in [1.165, 1.54) is 12.1 Å². The minimum absolute atomic E-state index is 0.151. The molecule has 160 valence electrons. The Hall–Kier alpha value is -1.23. The van der Waals surface area contributed by atoms with E-state index in [9.17, 15) is 14.6 Å². The van der Waals surface area contributed by atoms with Gasteiger partial charge in [0, 0.05) is 28.6 Å². The third-order valence-corrected chi connectivity index (χ3v) is 7.47. The molecule has 0 radical (unpaired) electrons. The molecule has 0 aromatic heterocycles. The Bertz CT molecular complexity index is 874. The zero-order valence-corrected chi connectivity index (χ0v) is 19.4. The lowest BCUT2D eigenvalue weighted by atomic mass is 9.96. The van der Waals surface area contributed by atoms with Gasteiger partial charge in [-0.05, 0) is 41.5 Å². The summed E-state index contributed by atoms with van der Waals surface area (Å²) >= 11 is 12.8. The van der Waals surface area contributed by atoms with Crippen LogP contribution in [0.4, 0.5) is 0 Å². The highest BCUT2D eigenvalue weighted by Crippen LogP contribution is 2.50. The van der Waals surface area contributed by atoms with Gasteiger partial charge in [0.15, 0.2) is 5.75 Å². The molecular formula is C21H27Cl2O5P. The summed E-state index contributed by atoms with van der Waals surface area (Å²) in [6, 6.07) is 8.41. The summed E-state index contributed by atoms with van der Waals surface area (Å²) in [4.78, 5) is 15.1. The molecule has 1 atom stereocenters. The van der Waals surface area contributed by atoms with Gasteiger partial charge in [-0.15, -0.1) is 0 Å². The van der Waals surface area contributed by atoms with E-state index >= 15 is 0 Å². The zero-order chi connectivity index (χ0) is 21.8. The molecule has 2 N–H and O–H groups in total. The molecule has 0 saturated heterocycles. The van der Waals surface area contributed by atoms with E-state index in [2.05, 4.69) is 0 Å². The number of aromatic hydroxyl groups is 1. The van der Waals surface area contributed by atoms with Gasteiger partial charge in [-0.1, -0.05) is 67.7 Å². The zero-order valence-electron chi connectivity index (χ0n) is 17.0. The van der Waals surface area contributed by atoms with Gasteiger partial charge < -0.3 is 14.9 Å². The van der Waals surface area contributed by atoms with E-state index in [0.29, 0.717) is 34.9 Å². The van der Waals surface area contributed by atoms with Crippen LogP contribution in [0.1, 0.15) is 63.1 Å². The van der Waals surface area contributed by atoms with Gasteiger partial charge in [-0.2, -0.15) is 0 Å². The molecule has 0 bridgehead atoms. The molecule has 8 heteroatoms. The molecule has 2 aromatic rings.